The minimum atomic E-state index is -0.0865. The standard InChI is InChI=1S/C12H16BrNO2/c1-9(2)7-14-12(15)8-16-11-5-3-10(13)4-6-11/h3-6,9H,7-8H2,1-2H3,(H,14,15). The van der Waals surface area contributed by atoms with Gasteiger partial charge in [-0.2, -0.15) is 0 Å². The van der Waals surface area contributed by atoms with Gasteiger partial charge in [0.2, 0.25) is 0 Å². The maximum atomic E-state index is 11.3. The molecule has 1 N–H and O–H groups in total. The summed E-state index contributed by atoms with van der Waals surface area (Å²) >= 11 is 3.33. The lowest BCUT2D eigenvalue weighted by Crippen LogP contribution is -2.31. The van der Waals surface area contributed by atoms with Crippen LogP contribution in [0.3, 0.4) is 0 Å². The molecule has 0 atom stereocenters. The molecule has 4 heteroatoms. The summed E-state index contributed by atoms with van der Waals surface area (Å²) in [4.78, 5) is 11.3. The van der Waals surface area contributed by atoms with Gasteiger partial charge >= 0.3 is 0 Å². The van der Waals surface area contributed by atoms with E-state index in [1.165, 1.54) is 0 Å². The van der Waals surface area contributed by atoms with Gasteiger partial charge in [0.05, 0.1) is 0 Å². The van der Waals surface area contributed by atoms with Crippen LogP contribution in [0, 0.1) is 5.92 Å². The summed E-state index contributed by atoms with van der Waals surface area (Å²) in [6.45, 7) is 4.85. The van der Waals surface area contributed by atoms with Gasteiger partial charge in [0.1, 0.15) is 5.75 Å². The molecule has 3 nitrogen and oxygen atoms in total. The van der Waals surface area contributed by atoms with Gasteiger partial charge in [-0.05, 0) is 30.2 Å². The molecule has 1 amide bonds. The largest absolute Gasteiger partial charge is 0.484 e. The van der Waals surface area contributed by atoms with Crippen molar-refractivity contribution in [3.8, 4) is 5.75 Å². The van der Waals surface area contributed by atoms with E-state index < -0.39 is 0 Å². The topological polar surface area (TPSA) is 38.3 Å². The fourth-order valence-corrected chi connectivity index (χ4v) is 1.31. The molecule has 0 fully saturated rings. The first kappa shape index (κ1) is 13.0. The van der Waals surface area contributed by atoms with E-state index in [0.29, 0.717) is 18.2 Å². The van der Waals surface area contributed by atoms with Crippen LogP contribution < -0.4 is 10.1 Å². The van der Waals surface area contributed by atoms with Crippen LogP contribution in [0.5, 0.6) is 5.75 Å². The minimum absolute atomic E-state index is 0.0638. The number of amides is 1. The van der Waals surface area contributed by atoms with Crippen molar-refractivity contribution in [2.45, 2.75) is 13.8 Å². The first-order chi connectivity index (χ1) is 7.58. The number of halogens is 1. The van der Waals surface area contributed by atoms with Crippen LogP contribution in [0.15, 0.2) is 28.7 Å². The van der Waals surface area contributed by atoms with Crippen molar-refractivity contribution in [2.75, 3.05) is 13.2 Å². The van der Waals surface area contributed by atoms with Crippen LogP contribution in [-0.2, 0) is 4.79 Å². The number of rotatable bonds is 5. The maximum absolute atomic E-state index is 11.3. The van der Waals surface area contributed by atoms with Crippen LogP contribution in [-0.4, -0.2) is 19.1 Å². The summed E-state index contributed by atoms with van der Waals surface area (Å²) in [7, 11) is 0. The van der Waals surface area contributed by atoms with Crippen molar-refractivity contribution in [2.24, 2.45) is 5.92 Å². The third-order valence-electron chi connectivity index (χ3n) is 1.89. The van der Waals surface area contributed by atoms with Crippen molar-refractivity contribution in [3.05, 3.63) is 28.7 Å². The zero-order valence-electron chi connectivity index (χ0n) is 9.50. The van der Waals surface area contributed by atoms with Crippen LogP contribution in [0.2, 0.25) is 0 Å². The number of hydrogen-bond donors (Lipinski definition) is 1. The van der Waals surface area contributed by atoms with Gasteiger partial charge < -0.3 is 10.1 Å². The highest BCUT2D eigenvalue weighted by molar-refractivity contribution is 9.10. The molecule has 0 saturated heterocycles. The molecule has 1 rings (SSSR count). The molecule has 0 radical (unpaired) electrons. The third kappa shape index (κ3) is 5.16. The molecule has 0 aromatic heterocycles. The Morgan fingerprint density at radius 3 is 2.56 bits per heavy atom. The Morgan fingerprint density at radius 1 is 1.38 bits per heavy atom. The highest BCUT2D eigenvalue weighted by Gasteiger charge is 2.03. The summed E-state index contributed by atoms with van der Waals surface area (Å²) in [6, 6.07) is 7.39. The number of nitrogens with one attached hydrogen (secondary N) is 1. The number of hydrogen-bond acceptors (Lipinski definition) is 2. The molecule has 1 aromatic rings. The van der Waals surface area contributed by atoms with Gasteiger partial charge in [0.15, 0.2) is 6.61 Å². The number of benzene rings is 1. The molecule has 0 spiro atoms. The summed E-state index contributed by atoms with van der Waals surface area (Å²) in [5, 5.41) is 2.79. The van der Waals surface area contributed by atoms with E-state index in [9.17, 15) is 4.79 Å². The molecule has 88 valence electrons. The van der Waals surface area contributed by atoms with Gasteiger partial charge in [-0.25, -0.2) is 0 Å². The van der Waals surface area contributed by atoms with Gasteiger partial charge in [0, 0.05) is 11.0 Å². The van der Waals surface area contributed by atoms with Crippen LogP contribution >= 0.6 is 15.9 Å². The smallest absolute Gasteiger partial charge is 0.257 e. The average molecular weight is 286 g/mol. The van der Waals surface area contributed by atoms with E-state index >= 15 is 0 Å². The predicted molar refractivity (Wildman–Crippen MR) is 67.5 cm³/mol. The summed E-state index contributed by atoms with van der Waals surface area (Å²) < 4.78 is 6.31. The Morgan fingerprint density at radius 2 is 2.00 bits per heavy atom. The molecule has 0 aliphatic carbocycles. The summed E-state index contributed by atoms with van der Waals surface area (Å²) in [6.07, 6.45) is 0. The maximum Gasteiger partial charge on any atom is 0.257 e. The number of carbonyl (C=O) groups excluding carboxylic acids is 1. The van der Waals surface area contributed by atoms with Crippen molar-refractivity contribution in [3.63, 3.8) is 0 Å². The summed E-state index contributed by atoms with van der Waals surface area (Å²) in [5.41, 5.74) is 0. The lowest BCUT2D eigenvalue weighted by molar-refractivity contribution is -0.123. The van der Waals surface area contributed by atoms with Crippen LogP contribution in [0.25, 0.3) is 0 Å². The molecule has 0 saturated carbocycles. The van der Waals surface area contributed by atoms with E-state index in [4.69, 9.17) is 4.74 Å². The molecule has 0 aliphatic rings. The monoisotopic (exact) mass is 285 g/mol. The Bertz CT molecular complexity index is 335. The first-order valence-electron chi connectivity index (χ1n) is 5.23. The highest BCUT2D eigenvalue weighted by atomic mass is 79.9. The summed E-state index contributed by atoms with van der Waals surface area (Å²) in [5.74, 6) is 1.07. The van der Waals surface area contributed by atoms with Crippen LogP contribution in [0.1, 0.15) is 13.8 Å². The Labute approximate surface area is 104 Å². The van der Waals surface area contributed by atoms with Gasteiger partial charge in [-0.1, -0.05) is 29.8 Å². The van der Waals surface area contributed by atoms with E-state index in [0.717, 1.165) is 4.47 Å². The molecule has 0 heterocycles. The Hall–Kier alpha value is -1.03. The van der Waals surface area contributed by atoms with E-state index in [1.54, 1.807) is 0 Å². The van der Waals surface area contributed by atoms with Gasteiger partial charge in [-0.3, -0.25) is 4.79 Å². The van der Waals surface area contributed by atoms with Gasteiger partial charge in [-0.15, -0.1) is 0 Å². The normalized spacial score (nSPS) is 10.2. The zero-order valence-corrected chi connectivity index (χ0v) is 11.1. The fourth-order valence-electron chi connectivity index (χ4n) is 1.05. The number of carbonyl (C=O) groups is 1. The lowest BCUT2D eigenvalue weighted by atomic mass is 10.2. The number of ether oxygens (including phenoxy) is 1. The average Bonchev–Trinajstić information content (AvgIpc) is 2.25. The second kappa shape index (κ2) is 6.53. The van der Waals surface area contributed by atoms with Crippen molar-refractivity contribution < 1.29 is 9.53 Å². The highest BCUT2D eigenvalue weighted by Crippen LogP contribution is 2.15. The minimum Gasteiger partial charge on any atom is -0.484 e. The molecule has 0 aliphatic heterocycles. The van der Waals surface area contributed by atoms with E-state index in [2.05, 4.69) is 35.1 Å². The van der Waals surface area contributed by atoms with Crippen LogP contribution in [0.4, 0.5) is 0 Å². The Balaban J connectivity index is 2.29. The lowest BCUT2D eigenvalue weighted by Gasteiger charge is -2.09. The second-order valence-corrected chi connectivity index (χ2v) is 4.86. The molecule has 16 heavy (non-hydrogen) atoms. The second-order valence-electron chi connectivity index (χ2n) is 3.94. The third-order valence-corrected chi connectivity index (χ3v) is 2.42. The molecular weight excluding hydrogens is 270 g/mol. The van der Waals surface area contributed by atoms with E-state index in [1.807, 2.05) is 24.3 Å². The molecular formula is C12H16BrNO2. The van der Waals surface area contributed by atoms with E-state index in [-0.39, 0.29) is 12.5 Å². The zero-order chi connectivity index (χ0) is 12.0. The molecule has 0 bridgehead atoms. The SMILES string of the molecule is CC(C)CNC(=O)COc1ccc(Br)cc1. The first-order valence-corrected chi connectivity index (χ1v) is 6.02. The van der Waals surface area contributed by atoms with Gasteiger partial charge in [0.25, 0.3) is 5.91 Å². The van der Waals surface area contributed by atoms with Crippen molar-refractivity contribution >= 4 is 21.8 Å². The quantitative estimate of drug-likeness (QED) is 0.903. The Kier molecular flexibility index (Phi) is 5.32. The molecule has 1 aromatic carbocycles. The fraction of sp³-hybridized carbons (Fsp3) is 0.417. The van der Waals surface area contributed by atoms with Crippen molar-refractivity contribution in [1.29, 1.82) is 0 Å². The predicted octanol–water partition coefficient (Wildman–Crippen LogP) is 2.60. The molecule has 0 unspecified atom stereocenters. The van der Waals surface area contributed by atoms with Crippen molar-refractivity contribution in [1.82, 2.24) is 5.32 Å².